The summed E-state index contributed by atoms with van der Waals surface area (Å²) >= 11 is 6.33. The maximum absolute atomic E-state index is 14.5. The molecule has 0 aromatic heterocycles. The second-order valence-corrected chi connectivity index (χ2v) is 13.7. The number of hydrogen-bond acceptors (Lipinski definition) is 4. The van der Waals surface area contributed by atoms with Gasteiger partial charge < -0.3 is 10.2 Å². The van der Waals surface area contributed by atoms with E-state index in [-0.39, 0.29) is 29.8 Å². The van der Waals surface area contributed by atoms with Crippen LogP contribution in [0.2, 0.25) is 5.02 Å². The van der Waals surface area contributed by atoms with Gasteiger partial charge in [-0.15, -0.1) is 0 Å². The van der Waals surface area contributed by atoms with E-state index in [4.69, 9.17) is 11.6 Å². The van der Waals surface area contributed by atoms with Gasteiger partial charge in [-0.3, -0.25) is 13.9 Å². The number of para-hydroxylation sites is 1. The van der Waals surface area contributed by atoms with Crippen LogP contribution < -0.4 is 9.62 Å². The Morgan fingerprint density at radius 1 is 0.778 bits per heavy atom. The van der Waals surface area contributed by atoms with Crippen LogP contribution in [0.25, 0.3) is 0 Å². The van der Waals surface area contributed by atoms with Crippen LogP contribution in [0.15, 0.2) is 120 Å². The van der Waals surface area contributed by atoms with Gasteiger partial charge in [0.2, 0.25) is 11.8 Å². The van der Waals surface area contributed by atoms with Crippen molar-refractivity contribution < 1.29 is 18.0 Å². The molecule has 4 aromatic rings. The van der Waals surface area contributed by atoms with Crippen LogP contribution >= 0.6 is 11.6 Å². The van der Waals surface area contributed by atoms with Crippen molar-refractivity contribution in [3.05, 3.63) is 131 Å². The van der Waals surface area contributed by atoms with Crippen LogP contribution in [0.1, 0.15) is 43.2 Å². The van der Waals surface area contributed by atoms with Gasteiger partial charge in [-0.2, -0.15) is 0 Å². The molecule has 7 nitrogen and oxygen atoms in total. The molecule has 1 atom stereocenters. The summed E-state index contributed by atoms with van der Waals surface area (Å²) in [5.74, 6) is -0.753. The SMILES string of the molecule is O=C(NC1CCCCC1)C(Cc1ccccc1)N(Cc1cccc(Cl)c1)C(=O)CN(c1ccccc1)S(=O)(=O)c1ccccc1. The molecule has 5 rings (SSSR count). The lowest BCUT2D eigenvalue weighted by Crippen LogP contribution is -2.55. The summed E-state index contributed by atoms with van der Waals surface area (Å²) in [6.45, 7) is -0.424. The van der Waals surface area contributed by atoms with Crippen molar-refractivity contribution in [1.82, 2.24) is 10.2 Å². The summed E-state index contributed by atoms with van der Waals surface area (Å²) in [6.07, 6.45) is 5.28. The molecule has 1 aliphatic rings. The first-order valence-electron chi connectivity index (χ1n) is 15.3. The highest BCUT2D eigenvalue weighted by atomic mass is 35.5. The maximum atomic E-state index is 14.5. The number of anilines is 1. The van der Waals surface area contributed by atoms with E-state index in [0.717, 1.165) is 47.5 Å². The molecule has 1 N–H and O–H groups in total. The van der Waals surface area contributed by atoms with Crippen molar-refractivity contribution in [3.63, 3.8) is 0 Å². The molecule has 0 aliphatic heterocycles. The third-order valence-corrected chi connectivity index (χ3v) is 10.1. The summed E-state index contributed by atoms with van der Waals surface area (Å²) in [7, 11) is -4.13. The summed E-state index contributed by atoms with van der Waals surface area (Å²) < 4.78 is 29.1. The lowest BCUT2D eigenvalue weighted by atomic mass is 9.94. The molecule has 234 valence electrons. The normalized spacial score (nSPS) is 14.3. The second kappa shape index (κ2) is 15.2. The van der Waals surface area contributed by atoms with Crippen molar-refractivity contribution in [2.45, 2.75) is 62.0 Å². The molecule has 0 bridgehead atoms. The van der Waals surface area contributed by atoms with Gasteiger partial charge in [0.1, 0.15) is 12.6 Å². The molecular formula is C36H38ClN3O4S. The predicted molar refractivity (Wildman–Crippen MR) is 178 cm³/mol. The minimum atomic E-state index is -4.13. The number of sulfonamides is 1. The summed E-state index contributed by atoms with van der Waals surface area (Å²) in [5.41, 5.74) is 1.97. The van der Waals surface area contributed by atoms with Crippen molar-refractivity contribution >= 4 is 39.1 Å². The van der Waals surface area contributed by atoms with Crippen LogP contribution in [0.3, 0.4) is 0 Å². The van der Waals surface area contributed by atoms with E-state index < -0.39 is 28.5 Å². The lowest BCUT2D eigenvalue weighted by molar-refractivity contribution is -0.140. The third kappa shape index (κ3) is 8.53. The second-order valence-electron chi connectivity index (χ2n) is 11.4. The topological polar surface area (TPSA) is 86.8 Å². The fourth-order valence-electron chi connectivity index (χ4n) is 5.77. The van der Waals surface area contributed by atoms with Crippen LogP contribution in [0.5, 0.6) is 0 Å². The Kier molecular flexibility index (Phi) is 10.9. The number of carbonyl (C=O) groups excluding carboxylic acids is 2. The van der Waals surface area contributed by atoms with Gasteiger partial charge in [0.05, 0.1) is 10.6 Å². The first kappa shape index (κ1) is 32.3. The molecule has 1 aliphatic carbocycles. The largest absolute Gasteiger partial charge is 0.352 e. The zero-order valence-electron chi connectivity index (χ0n) is 25.1. The molecule has 1 unspecified atom stereocenters. The Morgan fingerprint density at radius 2 is 1.38 bits per heavy atom. The van der Waals surface area contributed by atoms with Gasteiger partial charge in [-0.1, -0.05) is 110 Å². The maximum Gasteiger partial charge on any atom is 0.264 e. The number of carbonyl (C=O) groups is 2. The molecule has 45 heavy (non-hydrogen) atoms. The van der Waals surface area contributed by atoms with E-state index in [1.54, 1.807) is 66.7 Å². The van der Waals surface area contributed by atoms with Crippen LogP contribution in [-0.2, 0) is 32.6 Å². The van der Waals surface area contributed by atoms with E-state index >= 15 is 0 Å². The van der Waals surface area contributed by atoms with Gasteiger partial charge in [-0.05, 0) is 60.4 Å². The Hall–Kier alpha value is -4.14. The number of nitrogens with one attached hydrogen (secondary N) is 1. The van der Waals surface area contributed by atoms with Crippen molar-refractivity contribution in [3.8, 4) is 0 Å². The highest BCUT2D eigenvalue weighted by molar-refractivity contribution is 7.92. The molecular weight excluding hydrogens is 606 g/mol. The standard InChI is InChI=1S/C36H38ClN3O4S/c37-30-17-13-16-29(24-30)26-39(34(25-28-14-5-1-6-15-28)36(42)38-31-18-7-2-8-19-31)35(41)27-40(32-20-9-3-10-21-32)45(43,44)33-22-11-4-12-23-33/h1,3-6,9-17,20-24,31,34H,2,7-8,18-19,25-27H2,(H,38,42). The number of rotatable bonds is 12. The van der Waals surface area contributed by atoms with Gasteiger partial charge in [-0.25, -0.2) is 8.42 Å². The molecule has 4 aromatic carbocycles. The van der Waals surface area contributed by atoms with Crippen molar-refractivity contribution in [2.75, 3.05) is 10.8 Å². The van der Waals surface area contributed by atoms with Crippen LogP contribution in [0, 0.1) is 0 Å². The molecule has 1 fully saturated rings. The summed E-state index contributed by atoms with van der Waals surface area (Å²) in [5, 5.41) is 3.73. The van der Waals surface area contributed by atoms with Gasteiger partial charge >= 0.3 is 0 Å². The van der Waals surface area contributed by atoms with Gasteiger partial charge in [0, 0.05) is 24.0 Å². The van der Waals surface area contributed by atoms with E-state index in [1.807, 2.05) is 36.4 Å². The highest BCUT2D eigenvalue weighted by Gasteiger charge is 2.35. The highest BCUT2D eigenvalue weighted by Crippen LogP contribution is 2.26. The minimum absolute atomic E-state index is 0.0342. The fraction of sp³-hybridized carbons (Fsp3) is 0.278. The molecule has 0 radical (unpaired) electrons. The third-order valence-electron chi connectivity index (χ3n) is 8.12. The zero-order valence-corrected chi connectivity index (χ0v) is 26.7. The fourth-order valence-corrected chi connectivity index (χ4v) is 7.42. The average Bonchev–Trinajstić information content (AvgIpc) is 3.07. The number of hydrogen-bond donors (Lipinski definition) is 1. The number of halogens is 1. The Labute approximate surface area is 270 Å². The quantitative estimate of drug-likeness (QED) is 0.188. The van der Waals surface area contributed by atoms with Crippen molar-refractivity contribution in [1.29, 1.82) is 0 Å². The lowest BCUT2D eigenvalue weighted by Gasteiger charge is -2.35. The zero-order chi connectivity index (χ0) is 31.6. The Balaban J connectivity index is 1.54. The number of amides is 2. The monoisotopic (exact) mass is 643 g/mol. The van der Waals surface area contributed by atoms with Crippen LogP contribution in [0.4, 0.5) is 5.69 Å². The van der Waals surface area contributed by atoms with Crippen molar-refractivity contribution in [2.24, 2.45) is 0 Å². The van der Waals surface area contributed by atoms with Crippen LogP contribution in [-0.4, -0.2) is 43.8 Å². The molecule has 0 saturated heterocycles. The Morgan fingerprint density at radius 3 is 2.02 bits per heavy atom. The molecule has 0 heterocycles. The molecule has 9 heteroatoms. The van der Waals surface area contributed by atoms with E-state index in [1.165, 1.54) is 17.0 Å². The van der Waals surface area contributed by atoms with Gasteiger partial charge in [0.15, 0.2) is 0 Å². The predicted octanol–water partition coefficient (Wildman–Crippen LogP) is 6.62. The number of benzene rings is 4. The summed E-state index contributed by atoms with van der Waals surface area (Å²) in [6, 6.07) is 32.5. The molecule has 0 spiro atoms. The van der Waals surface area contributed by atoms with E-state index in [2.05, 4.69) is 5.32 Å². The minimum Gasteiger partial charge on any atom is -0.352 e. The first-order valence-corrected chi connectivity index (χ1v) is 17.1. The van der Waals surface area contributed by atoms with Gasteiger partial charge in [0.25, 0.3) is 10.0 Å². The molecule has 2 amide bonds. The first-order chi connectivity index (χ1) is 21.8. The number of nitrogens with zero attached hydrogens (tertiary/aromatic N) is 2. The van der Waals surface area contributed by atoms with E-state index in [0.29, 0.717) is 10.7 Å². The summed E-state index contributed by atoms with van der Waals surface area (Å²) in [4.78, 5) is 30.2. The average molecular weight is 644 g/mol. The van der Waals surface area contributed by atoms with E-state index in [9.17, 15) is 18.0 Å². The Bertz CT molecular complexity index is 1660. The smallest absolute Gasteiger partial charge is 0.264 e. The molecule has 1 saturated carbocycles.